The van der Waals surface area contributed by atoms with E-state index >= 15 is 0 Å². The molecule has 0 bridgehead atoms. The van der Waals surface area contributed by atoms with Crippen LogP contribution in [0.25, 0.3) is 11.2 Å². The van der Waals surface area contributed by atoms with E-state index in [2.05, 4.69) is 44.4 Å². The highest BCUT2D eigenvalue weighted by Gasteiger charge is 2.26. The molecule has 1 aliphatic rings. The molecule has 0 amide bonds. The van der Waals surface area contributed by atoms with E-state index in [1.54, 1.807) is 17.9 Å². The number of hydrogen-bond acceptors (Lipinski definition) is 6. The van der Waals surface area contributed by atoms with Gasteiger partial charge in [0.15, 0.2) is 17.0 Å². The summed E-state index contributed by atoms with van der Waals surface area (Å²) in [5.74, 6) is 1.32. The fraction of sp³-hybridized carbons (Fsp3) is 0.278. The molecule has 4 aromatic rings. The van der Waals surface area contributed by atoms with E-state index in [9.17, 15) is 4.79 Å². The molecular weight excluding hydrogens is 332 g/mol. The minimum absolute atomic E-state index is 0.178. The molecule has 1 aliphatic carbocycles. The van der Waals surface area contributed by atoms with Gasteiger partial charge in [-0.1, -0.05) is 29.4 Å². The number of hydrogen-bond donors (Lipinski definition) is 0. The molecule has 8 nitrogen and oxygen atoms in total. The summed E-state index contributed by atoms with van der Waals surface area (Å²) in [6.45, 7) is 0.194. The third-order valence-electron chi connectivity index (χ3n) is 4.91. The maximum atomic E-state index is 12.6. The summed E-state index contributed by atoms with van der Waals surface area (Å²) in [6.07, 6.45) is 4.87. The van der Waals surface area contributed by atoms with Gasteiger partial charge < -0.3 is 9.09 Å². The first kappa shape index (κ1) is 15.0. The van der Waals surface area contributed by atoms with E-state index in [0.29, 0.717) is 22.9 Å². The molecule has 5 rings (SSSR count). The molecule has 0 fully saturated rings. The first-order chi connectivity index (χ1) is 12.7. The van der Waals surface area contributed by atoms with Crippen molar-refractivity contribution in [2.45, 2.75) is 25.3 Å². The zero-order chi connectivity index (χ0) is 17.7. The van der Waals surface area contributed by atoms with Gasteiger partial charge in [0.25, 0.3) is 5.56 Å². The zero-order valence-corrected chi connectivity index (χ0v) is 14.2. The molecule has 0 atom stereocenters. The van der Waals surface area contributed by atoms with Gasteiger partial charge in [0.05, 0.1) is 6.33 Å². The molecule has 0 unspecified atom stereocenters. The lowest BCUT2D eigenvalue weighted by atomic mass is 10.1. The van der Waals surface area contributed by atoms with Gasteiger partial charge in [0.2, 0.25) is 5.89 Å². The SMILES string of the molecule is Cn1cnc2ncn(Cc3nc(C4Cc5ccccc5C4)no3)c(=O)c21. The van der Waals surface area contributed by atoms with Gasteiger partial charge >= 0.3 is 0 Å². The number of rotatable bonds is 3. The van der Waals surface area contributed by atoms with Crippen molar-refractivity contribution in [1.82, 2.24) is 29.2 Å². The smallest absolute Gasteiger partial charge is 0.280 e. The van der Waals surface area contributed by atoms with Crippen LogP contribution in [0.15, 0.2) is 46.2 Å². The van der Waals surface area contributed by atoms with Crippen molar-refractivity contribution in [1.29, 1.82) is 0 Å². The summed E-state index contributed by atoms with van der Waals surface area (Å²) in [7, 11) is 1.77. The number of imidazole rings is 1. The van der Waals surface area contributed by atoms with Crippen LogP contribution in [0.4, 0.5) is 0 Å². The van der Waals surface area contributed by atoms with Gasteiger partial charge in [-0.3, -0.25) is 9.36 Å². The lowest BCUT2D eigenvalue weighted by Gasteiger charge is -2.02. The first-order valence-corrected chi connectivity index (χ1v) is 8.45. The average molecular weight is 348 g/mol. The maximum Gasteiger partial charge on any atom is 0.280 e. The van der Waals surface area contributed by atoms with Crippen LogP contribution in [-0.2, 0) is 26.4 Å². The predicted molar refractivity (Wildman–Crippen MR) is 92.8 cm³/mol. The summed E-state index contributed by atoms with van der Waals surface area (Å²) < 4.78 is 8.51. The quantitative estimate of drug-likeness (QED) is 0.556. The third kappa shape index (κ3) is 2.33. The Morgan fingerprint density at radius 2 is 1.88 bits per heavy atom. The van der Waals surface area contributed by atoms with Crippen molar-refractivity contribution in [3.63, 3.8) is 0 Å². The Hall–Kier alpha value is -3.29. The highest BCUT2D eigenvalue weighted by atomic mass is 16.5. The molecule has 26 heavy (non-hydrogen) atoms. The third-order valence-corrected chi connectivity index (χ3v) is 4.91. The molecule has 1 aromatic carbocycles. The van der Waals surface area contributed by atoms with Crippen LogP contribution in [0.1, 0.15) is 28.8 Å². The van der Waals surface area contributed by atoms with Crippen LogP contribution in [0.2, 0.25) is 0 Å². The number of nitrogens with zero attached hydrogens (tertiary/aromatic N) is 6. The highest BCUT2D eigenvalue weighted by Crippen LogP contribution is 2.32. The van der Waals surface area contributed by atoms with Gasteiger partial charge in [0, 0.05) is 13.0 Å². The van der Waals surface area contributed by atoms with Crippen LogP contribution in [-0.4, -0.2) is 29.2 Å². The van der Waals surface area contributed by atoms with Crippen LogP contribution < -0.4 is 5.56 Å². The van der Waals surface area contributed by atoms with Gasteiger partial charge in [-0.15, -0.1) is 0 Å². The Kier molecular flexibility index (Phi) is 3.24. The largest absolute Gasteiger partial charge is 0.337 e. The van der Waals surface area contributed by atoms with Gasteiger partial charge in [-0.25, -0.2) is 9.97 Å². The first-order valence-electron chi connectivity index (χ1n) is 8.45. The van der Waals surface area contributed by atoms with Crippen molar-refractivity contribution < 1.29 is 4.52 Å². The predicted octanol–water partition coefficient (Wildman–Crippen LogP) is 1.44. The summed E-state index contributed by atoms with van der Waals surface area (Å²) >= 11 is 0. The second-order valence-corrected chi connectivity index (χ2v) is 6.63. The summed E-state index contributed by atoms with van der Waals surface area (Å²) in [5.41, 5.74) is 3.39. The van der Waals surface area contributed by atoms with Gasteiger partial charge in [-0.05, 0) is 24.0 Å². The maximum absolute atomic E-state index is 12.6. The van der Waals surface area contributed by atoms with E-state index < -0.39 is 0 Å². The van der Waals surface area contributed by atoms with E-state index in [-0.39, 0.29) is 18.0 Å². The van der Waals surface area contributed by atoms with Crippen molar-refractivity contribution in [3.8, 4) is 0 Å². The molecule has 0 aliphatic heterocycles. The Balaban J connectivity index is 1.41. The minimum atomic E-state index is -0.178. The van der Waals surface area contributed by atoms with Gasteiger partial charge in [0.1, 0.15) is 12.9 Å². The Bertz CT molecular complexity index is 1150. The van der Waals surface area contributed by atoms with Crippen LogP contribution in [0.3, 0.4) is 0 Å². The zero-order valence-electron chi connectivity index (χ0n) is 14.2. The number of benzene rings is 1. The van der Waals surface area contributed by atoms with E-state index in [0.717, 1.165) is 12.8 Å². The molecule has 3 heterocycles. The highest BCUT2D eigenvalue weighted by molar-refractivity contribution is 5.68. The number of aromatic nitrogens is 6. The van der Waals surface area contributed by atoms with Crippen molar-refractivity contribution in [2.24, 2.45) is 7.05 Å². The molecule has 3 aromatic heterocycles. The van der Waals surface area contributed by atoms with E-state index in [4.69, 9.17) is 4.52 Å². The molecular formula is C18H16N6O2. The van der Waals surface area contributed by atoms with Crippen molar-refractivity contribution in [2.75, 3.05) is 0 Å². The number of fused-ring (bicyclic) bond motifs is 2. The van der Waals surface area contributed by atoms with E-state index in [1.807, 2.05) is 0 Å². The molecule has 130 valence electrons. The normalized spacial score (nSPS) is 14.2. The summed E-state index contributed by atoms with van der Waals surface area (Å²) in [4.78, 5) is 25.4. The fourth-order valence-corrected chi connectivity index (χ4v) is 3.57. The Morgan fingerprint density at radius 1 is 1.15 bits per heavy atom. The Morgan fingerprint density at radius 3 is 2.65 bits per heavy atom. The topological polar surface area (TPSA) is 91.6 Å². The van der Waals surface area contributed by atoms with Crippen LogP contribution >= 0.6 is 0 Å². The average Bonchev–Trinajstić information content (AvgIpc) is 3.35. The van der Waals surface area contributed by atoms with Crippen molar-refractivity contribution >= 4 is 11.2 Å². The standard InChI is InChI=1S/C18H16N6O2/c1-23-9-19-17-15(23)18(25)24(10-20-17)8-14-21-16(22-26-14)13-6-11-4-2-3-5-12(11)7-13/h2-5,9-10,13H,6-8H2,1H3. The monoisotopic (exact) mass is 348 g/mol. The lowest BCUT2D eigenvalue weighted by molar-refractivity contribution is 0.361. The fourth-order valence-electron chi connectivity index (χ4n) is 3.57. The van der Waals surface area contributed by atoms with Crippen molar-refractivity contribution in [3.05, 3.63) is 70.1 Å². The molecule has 0 spiro atoms. The Labute approximate surface area is 148 Å². The molecule has 0 radical (unpaired) electrons. The second kappa shape index (κ2) is 5.62. The summed E-state index contributed by atoms with van der Waals surface area (Å²) in [5, 5.41) is 4.14. The minimum Gasteiger partial charge on any atom is -0.337 e. The lowest BCUT2D eigenvalue weighted by Crippen LogP contribution is -2.22. The molecule has 0 N–H and O–H groups in total. The van der Waals surface area contributed by atoms with Gasteiger partial charge in [-0.2, -0.15) is 4.98 Å². The van der Waals surface area contributed by atoms with E-state index in [1.165, 1.54) is 22.0 Å². The second-order valence-electron chi connectivity index (χ2n) is 6.63. The summed E-state index contributed by atoms with van der Waals surface area (Å²) in [6, 6.07) is 8.39. The molecule has 8 heteroatoms. The molecule has 0 saturated heterocycles. The van der Waals surface area contributed by atoms with Crippen LogP contribution in [0.5, 0.6) is 0 Å². The number of aryl methyl sites for hydroxylation is 1. The van der Waals surface area contributed by atoms with Crippen LogP contribution in [0, 0.1) is 0 Å². The molecule has 0 saturated carbocycles.